The van der Waals surface area contributed by atoms with Gasteiger partial charge >= 0.3 is 0 Å². The van der Waals surface area contributed by atoms with Crippen LogP contribution in [0.15, 0.2) is 0 Å². The van der Waals surface area contributed by atoms with Gasteiger partial charge in [0.15, 0.2) is 9.84 Å². The second-order valence-corrected chi connectivity index (χ2v) is 6.19. The molecule has 1 heterocycles. The summed E-state index contributed by atoms with van der Waals surface area (Å²) in [6.07, 6.45) is 7.43. The lowest BCUT2D eigenvalue weighted by molar-refractivity contribution is 0.146. The van der Waals surface area contributed by atoms with Crippen LogP contribution in [0.3, 0.4) is 0 Å². The van der Waals surface area contributed by atoms with E-state index in [1.54, 1.807) is 0 Å². The van der Waals surface area contributed by atoms with E-state index in [-0.39, 0.29) is 9.84 Å². The highest BCUT2D eigenvalue weighted by Gasteiger charge is 2.28. The van der Waals surface area contributed by atoms with Crippen LogP contribution in [0.2, 0.25) is 0 Å². The molecule has 0 amide bonds. The van der Waals surface area contributed by atoms with Crippen molar-refractivity contribution in [1.82, 2.24) is 9.13 Å². The Bertz CT molecular complexity index is 128. The average molecular weight is 170 g/mol. The van der Waals surface area contributed by atoms with Crippen LogP contribution in [-0.2, 0) is 0 Å². The first-order chi connectivity index (χ1) is 5.36. The molecule has 2 nitrogen and oxygen atoms in total. The normalized spacial score (nSPS) is 32.5. The molecule has 0 spiro atoms. The first-order valence-corrected chi connectivity index (χ1v) is 6.05. The molecule has 11 heavy (non-hydrogen) atoms. The lowest BCUT2D eigenvalue weighted by atomic mass is 9.96. The van der Waals surface area contributed by atoms with Crippen LogP contribution in [0.5, 0.6) is 0 Å². The van der Waals surface area contributed by atoms with E-state index in [0.717, 1.165) is 6.04 Å². The van der Waals surface area contributed by atoms with Crippen LogP contribution >= 0.6 is 0 Å². The van der Waals surface area contributed by atoms with Gasteiger partial charge in [-0.15, -0.1) is 0 Å². The van der Waals surface area contributed by atoms with Crippen molar-refractivity contribution in [2.24, 2.45) is 0 Å². The summed E-state index contributed by atoms with van der Waals surface area (Å²) in [4.78, 5) is 0. The highest BCUT2D eigenvalue weighted by Crippen LogP contribution is 2.24. The van der Waals surface area contributed by atoms with Crippen molar-refractivity contribution in [3.63, 3.8) is 0 Å². The van der Waals surface area contributed by atoms with Gasteiger partial charge in [0.05, 0.1) is 0 Å². The van der Waals surface area contributed by atoms with Gasteiger partial charge in [-0.05, 0) is 19.9 Å². The summed E-state index contributed by atoms with van der Waals surface area (Å²) in [6.45, 7) is 1.27. The second-order valence-electron chi connectivity index (χ2n) is 4.02. The SMILES string of the molecule is CN1CN(C2CCCCC2)[SiH2]1. The average Bonchev–Trinajstić information content (AvgIpc) is 2.01. The van der Waals surface area contributed by atoms with Crippen LogP contribution in [0.1, 0.15) is 32.1 Å². The van der Waals surface area contributed by atoms with E-state index in [1.807, 2.05) is 0 Å². The molecular formula is C8H18N2Si. The molecule has 2 aliphatic rings. The Morgan fingerprint density at radius 2 is 1.82 bits per heavy atom. The molecule has 1 saturated heterocycles. The summed E-state index contributed by atoms with van der Waals surface area (Å²) in [5.41, 5.74) is 0. The fourth-order valence-corrected chi connectivity index (χ4v) is 3.85. The lowest BCUT2D eigenvalue weighted by Crippen LogP contribution is -2.60. The summed E-state index contributed by atoms with van der Waals surface area (Å²) in [7, 11) is 2.32. The van der Waals surface area contributed by atoms with Crippen molar-refractivity contribution in [1.29, 1.82) is 0 Å². The Hall–Kier alpha value is 0.137. The largest absolute Gasteiger partial charge is 0.307 e. The van der Waals surface area contributed by atoms with Gasteiger partial charge in [0, 0.05) is 12.7 Å². The summed E-state index contributed by atoms with van der Waals surface area (Å²) < 4.78 is 5.26. The predicted octanol–water partition coefficient (Wildman–Crippen LogP) is 0.523. The Kier molecular flexibility index (Phi) is 2.30. The highest BCUT2D eigenvalue weighted by molar-refractivity contribution is 6.31. The van der Waals surface area contributed by atoms with Crippen LogP contribution in [0, 0.1) is 0 Å². The Morgan fingerprint density at radius 3 is 2.36 bits per heavy atom. The first-order valence-electron chi connectivity index (χ1n) is 4.79. The summed E-state index contributed by atoms with van der Waals surface area (Å²) in [5, 5.41) is 0. The van der Waals surface area contributed by atoms with Gasteiger partial charge in [-0.2, -0.15) is 0 Å². The maximum absolute atomic E-state index is 2.75. The van der Waals surface area contributed by atoms with Crippen LogP contribution in [0.25, 0.3) is 0 Å². The molecule has 1 aliphatic heterocycles. The molecule has 0 aromatic carbocycles. The zero-order chi connectivity index (χ0) is 7.68. The number of hydrogen-bond acceptors (Lipinski definition) is 2. The summed E-state index contributed by atoms with van der Waals surface area (Å²) in [6, 6.07) is 0.992. The molecule has 2 rings (SSSR count). The molecule has 0 radical (unpaired) electrons. The van der Waals surface area contributed by atoms with Gasteiger partial charge in [-0.1, -0.05) is 19.3 Å². The minimum absolute atomic E-state index is 0.0651. The Balaban J connectivity index is 1.76. The quantitative estimate of drug-likeness (QED) is 0.530. The third kappa shape index (κ3) is 1.66. The van der Waals surface area contributed by atoms with Gasteiger partial charge in [-0.25, -0.2) is 0 Å². The molecule has 2 fully saturated rings. The number of rotatable bonds is 1. The van der Waals surface area contributed by atoms with Gasteiger partial charge in [0.1, 0.15) is 0 Å². The van der Waals surface area contributed by atoms with Gasteiger partial charge in [0.25, 0.3) is 0 Å². The van der Waals surface area contributed by atoms with Gasteiger partial charge in [-0.3, -0.25) is 0 Å². The standard InChI is InChI=1S/C8H18N2Si/c1-9-7-10(11-9)8-5-3-2-4-6-8/h8H,2-7,11H2,1H3. The third-order valence-electron chi connectivity index (χ3n) is 2.94. The Morgan fingerprint density at radius 1 is 1.18 bits per heavy atom. The fraction of sp³-hybridized carbons (Fsp3) is 1.00. The van der Waals surface area contributed by atoms with Crippen molar-refractivity contribution >= 4 is 9.84 Å². The molecular weight excluding hydrogens is 152 g/mol. The second kappa shape index (κ2) is 3.25. The Labute approximate surface area is 71.5 Å². The minimum Gasteiger partial charge on any atom is -0.307 e. The van der Waals surface area contributed by atoms with E-state index < -0.39 is 0 Å². The fourth-order valence-electron chi connectivity index (χ4n) is 2.26. The van der Waals surface area contributed by atoms with Crippen molar-refractivity contribution in [2.45, 2.75) is 38.1 Å². The first kappa shape index (κ1) is 7.77. The molecule has 0 aromatic heterocycles. The highest BCUT2D eigenvalue weighted by atomic mass is 28.2. The van der Waals surface area contributed by atoms with Gasteiger partial charge < -0.3 is 9.13 Å². The van der Waals surface area contributed by atoms with Crippen molar-refractivity contribution in [3.05, 3.63) is 0 Å². The molecule has 0 N–H and O–H groups in total. The molecule has 1 aliphatic carbocycles. The zero-order valence-electron chi connectivity index (χ0n) is 7.42. The van der Waals surface area contributed by atoms with Crippen LogP contribution in [-0.4, -0.2) is 38.7 Å². The molecule has 0 unspecified atom stereocenters. The predicted molar refractivity (Wildman–Crippen MR) is 49.9 cm³/mol. The third-order valence-corrected chi connectivity index (χ3v) is 4.70. The van der Waals surface area contributed by atoms with E-state index in [2.05, 4.69) is 16.2 Å². The van der Waals surface area contributed by atoms with E-state index >= 15 is 0 Å². The maximum atomic E-state index is 2.75. The topological polar surface area (TPSA) is 6.48 Å². The van der Waals surface area contributed by atoms with E-state index in [0.29, 0.717) is 0 Å². The van der Waals surface area contributed by atoms with Crippen molar-refractivity contribution in [3.8, 4) is 0 Å². The van der Waals surface area contributed by atoms with E-state index in [1.165, 1.54) is 38.8 Å². The smallest absolute Gasteiger partial charge is 0.174 e. The van der Waals surface area contributed by atoms with Crippen molar-refractivity contribution < 1.29 is 0 Å². The van der Waals surface area contributed by atoms with E-state index in [4.69, 9.17) is 0 Å². The monoisotopic (exact) mass is 170 g/mol. The maximum Gasteiger partial charge on any atom is 0.174 e. The van der Waals surface area contributed by atoms with Crippen molar-refractivity contribution in [2.75, 3.05) is 13.7 Å². The molecule has 0 atom stereocenters. The molecule has 1 saturated carbocycles. The molecule has 64 valence electrons. The van der Waals surface area contributed by atoms with E-state index in [9.17, 15) is 0 Å². The number of nitrogens with zero attached hydrogens (tertiary/aromatic N) is 2. The van der Waals surface area contributed by atoms with Crippen LogP contribution in [0.4, 0.5) is 0 Å². The summed E-state index contributed by atoms with van der Waals surface area (Å²) in [5.74, 6) is 0. The molecule has 3 heteroatoms. The minimum atomic E-state index is 0.0651. The number of hydrogen-bond donors (Lipinski definition) is 0. The van der Waals surface area contributed by atoms with Crippen LogP contribution < -0.4 is 0 Å². The lowest BCUT2D eigenvalue weighted by Gasteiger charge is -2.46. The molecule has 0 bridgehead atoms. The van der Waals surface area contributed by atoms with Gasteiger partial charge in [0.2, 0.25) is 0 Å². The molecule has 0 aromatic rings. The zero-order valence-corrected chi connectivity index (χ0v) is 8.84. The summed E-state index contributed by atoms with van der Waals surface area (Å²) >= 11 is 0.